The first-order chi connectivity index (χ1) is 10.6. The van der Waals surface area contributed by atoms with Crippen molar-refractivity contribution in [3.05, 3.63) is 54.4 Å². The zero-order valence-electron chi connectivity index (χ0n) is 11.8. The summed E-state index contributed by atoms with van der Waals surface area (Å²) < 4.78 is 25.9. The molecule has 0 unspecified atom stereocenters. The van der Waals surface area contributed by atoms with E-state index < -0.39 is 15.9 Å². The van der Waals surface area contributed by atoms with Gasteiger partial charge in [-0.3, -0.25) is 4.79 Å². The number of carbonyl (C=O) groups excluding carboxylic acids is 1. The number of benzene rings is 1. The first kappa shape index (κ1) is 14.5. The molecule has 1 saturated heterocycles. The predicted octanol–water partition coefficient (Wildman–Crippen LogP) is 1.45. The van der Waals surface area contributed by atoms with Gasteiger partial charge in [0.2, 0.25) is 10.0 Å². The lowest BCUT2D eigenvalue weighted by Gasteiger charge is -2.11. The molecule has 22 heavy (non-hydrogen) atoms. The molecule has 1 aliphatic heterocycles. The molecule has 0 N–H and O–H groups in total. The van der Waals surface area contributed by atoms with Gasteiger partial charge in [0.1, 0.15) is 0 Å². The molecule has 6 nitrogen and oxygen atoms in total. The number of aromatic nitrogens is 2. The van der Waals surface area contributed by atoms with E-state index in [0.29, 0.717) is 6.42 Å². The van der Waals surface area contributed by atoms with Crippen LogP contribution in [0.25, 0.3) is 11.8 Å². The molecule has 3 rings (SSSR count). The van der Waals surface area contributed by atoms with Gasteiger partial charge >= 0.3 is 0 Å². The van der Waals surface area contributed by atoms with Crippen LogP contribution >= 0.6 is 0 Å². The Hall–Kier alpha value is -2.41. The molecule has 114 valence electrons. The molecular formula is C15H15N3O3S. The lowest BCUT2D eigenvalue weighted by molar-refractivity contribution is -0.121. The van der Waals surface area contributed by atoms with E-state index >= 15 is 0 Å². The minimum atomic E-state index is -3.42. The van der Waals surface area contributed by atoms with Crippen molar-refractivity contribution in [2.24, 2.45) is 0 Å². The third kappa shape index (κ3) is 2.94. The molecule has 2 heterocycles. The highest BCUT2D eigenvalue weighted by Crippen LogP contribution is 2.15. The van der Waals surface area contributed by atoms with Crippen LogP contribution in [0.5, 0.6) is 0 Å². The Bertz CT molecular complexity index is 810. The van der Waals surface area contributed by atoms with Crippen LogP contribution in [-0.4, -0.2) is 40.7 Å². The highest BCUT2D eigenvalue weighted by Gasteiger charge is 2.30. The van der Waals surface area contributed by atoms with E-state index in [4.69, 9.17) is 0 Å². The van der Waals surface area contributed by atoms with Crippen molar-refractivity contribution in [3.8, 4) is 5.69 Å². The van der Waals surface area contributed by atoms with E-state index in [1.165, 1.54) is 6.08 Å². The average molecular weight is 317 g/mol. The average Bonchev–Trinajstić information content (AvgIpc) is 3.12. The van der Waals surface area contributed by atoms with Crippen molar-refractivity contribution in [3.63, 3.8) is 0 Å². The third-order valence-electron chi connectivity index (χ3n) is 3.39. The summed E-state index contributed by atoms with van der Waals surface area (Å²) in [5.41, 5.74) is 1.64. The first-order valence-corrected chi connectivity index (χ1v) is 8.50. The minimum Gasteiger partial charge on any atom is -0.269 e. The normalized spacial score (nSPS) is 17.2. The lowest BCUT2D eigenvalue weighted by atomic mass is 10.3. The smallest absolute Gasteiger partial charge is 0.260 e. The third-order valence-corrected chi connectivity index (χ3v) is 5.23. The Morgan fingerprint density at radius 2 is 2.00 bits per heavy atom. The molecule has 0 atom stereocenters. The number of hydrogen-bond donors (Lipinski definition) is 0. The van der Waals surface area contributed by atoms with Gasteiger partial charge in [0.25, 0.3) is 5.91 Å². The standard InChI is InChI=1S/C15H15N3O3S/c19-15(18-9-4-10-22(18,20)21)8-7-13-11-16-17(12-13)14-5-2-1-3-6-14/h1-3,5-8,11-12H,4,9-10H2/b8-7-. The topological polar surface area (TPSA) is 72.3 Å². The molecule has 0 spiro atoms. The van der Waals surface area contributed by atoms with Crippen molar-refractivity contribution in [2.45, 2.75) is 6.42 Å². The summed E-state index contributed by atoms with van der Waals surface area (Å²) in [6.07, 6.45) is 6.73. The van der Waals surface area contributed by atoms with Crippen LogP contribution in [0.15, 0.2) is 48.8 Å². The Labute approximate surface area is 128 Å². The number of amides is 1. The fraction of sp³-hybridized carbons (Fsp3) is 0.200. The Morgan fingerprint density at radius 1 is 1.23 bits per heavy atom. The Morgan fingerprint density at radius 3 is 2.68 bits per heavy atom. The maximum atomic E-state index is 11.9. The van der Waals surface area contributed by atoms with Crippen molar-refractivity contribution < 1.29 is 13.2 Å². The number of carbonyl (C=O) groups is 1. The van der Waals surface area contributed by atoms with Gasteiger partial charge < -0.3 is 0 Å². The number of rotatable bonds is 3. The van der Waals surface area contributed by atoms with Crippen LogP contribution in [0.2, 0.25) is 0 Å². The molecule has 1 aromatic heterocycles. The van der Waals surface area contributed by atoms with Gasteiger partial charge in [-0.2, -0.15) is 5.10 Å². The zero-order chi connectivity index (χ0) is 15.6. The molecule has 7 heteroatoms. The molecule has 0 bridgehead atoms. The van der Waals surface area contributed by atoms with Crippen LogP contribution in [0, 0.1) is 0 Å². The monoisotopic (exact) mass is 317 g/mol. The zero-order valence-corrected chi connectivity index (χ0v) is 12.6. The predicted molar refractivity (Wildman–Crippen MR) is 82.7 cm³/mol. The van der Waals surface area contributed by atoms with Gasteiger partial charge in [-0.25, -0.2) is 17.4 Å². The van der Waals surface area contributed by atoms with E-state index in [1.807, 2.05) is 30.3 Å². The summed E-state index contributed by atoms with van der Waals surface area (Å²) >= 11 is 0. The summed E-state index contributed by atoms with van der Waals surface area (Å²) in [6, 6.07) is 9.58. The van der Waals surface area contributed by atoms with Gasteiger partial charge in [-0.05, 0) is 24.6 Å². The van der Waals surface area contributed by atoms with Crippen LogP contribution in [-0.2, 0) is 14.8 Å². The number of para-hydroxylation sites is 1. The highest BCUT2D eigenvalue weighted by atomic mass is 32.2. The van der Waals surface area contributed by atoms with Crippen molar-refractivity contribution in [1.82, 2.24) is 14.1 Å². The molecule has 0 aliphatic carbocycles. The van der Waals surface area contributed by atoms with Crippen molar-refractivity contribution in [1.29, 1.82) is 0 Å². The molecular weight excluding hydrogens is 302 g/mol. The summed E-state index contributed by atoms with van der Waals surface area (Å²) in [7, 11) is -3.42. The van der Waals surface area contributed by atoms with E-state index in [1.54, 1.807) is 23.2 Å². The van der Waals surface area contributed by atoms with E-state index in [9.17, 15) is 13.2 Å². The fourth-order valence-corrected chi connectivity index (χ4v) is 3.74. The fourth-order valence-electron chi connectivity index (χ4n) is 2.28. The second-order valence-electron chi connectivity index (χ2n) is 4.97. The van der Waals surface area contributed by atoms with Crippen molar-refractivity contribution in [2.75, 3.05) is 12.3 Å². The maximum Gasteiger partial charge on any atom is 0.260 e. The largest absolute Gasteiger partial charge is 0.269 e. The Balaban J connectivity index is 1.74. The molecule has 0 saturated carbocycles. The SMILES string of the molecule is O=C(/C=C\c1cnn(-c2ccccc2)c1)N1CCCS1(=O)=O. The summed E-state index contributed by atoms with van der Waals surface area (Å²) in [4.78, 5) is 11.9. The van der Waals surface area contributed by atoms with E-state index in [2.05, 4.69) is 5.10 Å². The molecule has 1 aliphatic rings. The number of hydrogen-bond acceptors (Lipinski definition) is 4. The van der Waals surface area contributed by atoms with Gasteiger partial charge in [-0.1, -0.05) is 18.2 Å². The second-order valence-corrected chi connectivity index (χ2v) is 6.98. The van der Waals surface area contributed by atoms with Gasteiger partial charge in [0.15, 0.2) is 0 Å². The Kier molecular flexibility index (Phi) is 3.81. The maximum absolute atomic E-state index is 11.9. The van der Waals surface area contributed by atoms with Crippen LogP contribution < -0.4 is 0 Å². The highest BCUT2D eigenvalue weighted by molar-refractivity contribution is 7.89. The molecule has 0 radical (unpaired) electrons. The van der Waals surface area contributed by atoms with Crippen LogP contribution in [0.4, 0.5) is 0 Å². The number of sulfonamides is 1. The summed E-state index contributed by atoms with van der Waals surface area (Å²) in [5, 5.41) is 4.21. The quantitative estimate of drug-likeness (QED) is 0.803. The molecule has 2 aromatic rings. The number of nitrogens with zero attached hydrogens (tertiary/aromatic N) is 3. The first-order valence-electron chi connectivity index (χ1n) is 6.89. The van der Waals surface area contributed by atoms with E-state index in [0.717, 1.165) is 15.6 Å². The summed E-state index contributed by atoms with van der Waals surface area (Å²) in [6.45, 7) is 0.259. The van der Waals surface area contributed by atoms with Crippen LogP contribution in [0.1, 0.15) is 12.0 Å². The van der Waals surface area contributed by atoms with Crippen LogP contribution in [0.3, 0.4) is 0 Å². The van der Waals surface area contributed by atoms with Gasteiger partial charge in [0, 0.05) is 24.4 Å². The summed E-state index contributed by atoms with van der Waals surface area (Å²) in [5.74, 6) is -0.469. The second kappa shape index (κ2) is 5.76. The van der Waals surface area contributed by atoms with Crippen molar-refractivity contribution >= 4 is 22.0 Å². The lowest BCUT2D eigenvalue weighted by Crippen LogP contribution is -2.30. The van der Waals surface area contributed by atoms with Gasteiger partial charge in [0.05, 0.1) is 17.6 Å². The minimum absolute atomic E-state index is 0.0402. The van der Waals surface area contributed by atoms with Gasteiger partial charge in [-0.15, -0.1) is 0 Å². The molecule has 1 amide bonds. The molecule has 1 fully saturated rings. The van der Waals surface area contributed by atoms with E-state index in [-0.39, 0.29) is 12.3 Å². The molecule has 1 aromatic carbocycles.